The molecule has 0 aliphatic heterocycles. The van der Waals surface area contributed by atoms with E-state index in [9.17, 15) is 4.79 Å². The van der Waals surface area contributed by atoms with Gasteiger partial charge in [-0.25, -0.2) is 0 Å². The lowest BCUT2D eigenvalue weighted by Gasteiger charge is -2.18. The van der Waals surface area contributed by atoms with Crippen molar-refractivity contribution in [3.63, 3.8) is 0 Å². The van der Waals surface area contributed by atoms with Gasteiger partial charge in [0.1, 0.15) is 0 Å². The summed E-state index contributed by atoms with van der Waals surface area (Å²) in [5, 5.41) is 14.0. The maximum absolute atomic E-state index is 11.1. The summed E-state index contributed by atoms with van der Waals surface area (Å²) < 4.78 is 5.26. The fourth-order valence-corrected chi connectivity index (χ4v) is 1.83. The molecular formula is C13H15NO3. The maximum Gasteiger partial charge on any atom is 0.309 e. The Labute approximate surface area is 99.2 Å². The number of nitrogens with zero attached hydrogens (tertiary/aromatic N) is 1. The van der Waals surface area contributed by atoms with E-state index >= 15 is 0 Å². The summed E-state index contributed by atoms with van der Waals surface area (Å²) in [6.07, 6.45) is 0.425. The van der Waals surface area contributed by atoms with Crippen LogP contribution in [-0.4, -0.2) is 16.2 Å². The second kappa shape index (κ2) is 3.87. The van der Waals surface area contributed by atoms with Crippen molar-refractivity contribution in [2.75, 3.05) is 0 Å². The van der Waals surface area contributed by atoms with E-state index < -0.39 is 11.4 Å². The lowest BCUT2D eigenvalue weighted by atomic mass is 9.85. The van der Waals surface area contributed by atoms with Gasteiger partial charge in [0.2, 0.25) is 0 Å². The zero-order valence-corrected chi connectivity index (χ0v) is 10.2. The highest BCUT2D eigenvalue weighted by atomic mass is 16.5. The Kier molecular flexibility index (Phi) is 2.65. The summed E-state index contributed by atoms with van der Waals surface area (Å²) in [5.74, 6) is -0.814. The van der Waals surface area contributed by atoms with E-state index in [2.05, 4.69) is 5.16 Å². The van der Waals surface area contributed by atoms with Gasteiger partial charge in [-0.1, -0.05) is 17.3 Å². The molecule has 1 aromatic carbocycles. The Hall–Kier alpha value is -1.84. The van der Waals surface area contributed by atoms with E-state index in [1.807, 2.05) is 25.1 Å². The molecule has 0 bridgehead atoms. The quantitative estimate of drug-likeness (QED) is 0.885. The molecule has 0 radical (unpaired) electrons. The molecule has 0 aliphatic carbocycles. The predicted octanol–water partition coefficient (Wildman–Crippen LogP) is 2.79. The average molecular weight is 233 g/mol. The van der Waals surface area contributed by atoms with Gasteiger partial charge in [-0.05, 0) is 38.8 Å². The highest BCUT2D eigenvalue weighted by Crippen LogP contribution is 2.28. The van der Waals surface area contributed by atoms with Gasteiger partial charge >= 0.3 is 5.97 Å². The van der Waals surface area contributed by atoms with Crippen LogP contribution >= 0.6 is 0 Å². The molecule has 0 atom stereocenters. The van der Waals surface area contributed by atoms with Crippen molar-refractivity contribution >= 4 is 16.9 Å². The molecule has 0 amide bonds. The van der Waals surface area contributed by atoms with Crippen LogP contribution < -0.4 is 0 Å². The van der Waals surface area contributed by atoms with Crippen LogP contribution in [0.2, 0.25) is 0 Å². The normalized spacial score (nSPS) is 11.9. The largest absolute Gasteiger partial charge is 0.481 e. The van der Waals surface area contributed by atoms with Crippen LogP contribution in [0.5, 0.6) is 0 Å². The molecule has 0 aliphatic rings. The Morgan fingerprint density at radius 1 is 1.47 bits per heavy atom. The number of carboxylic acids is 1. The SMILES string of the molecule is Cc1noc2c(CC(C)(C)C(=O)O)cccc12. The first-order valence-corrected chi connectivity index (χ1v) is 5.49. The van der Waals surface area contributed by atoms with Crippen LogP contribution in [0.4, 0.5) is 0 Å². The van der Waals surface area contributed by atoms with Crippen molar-refractivity contribution in [1.82, 2.24) is 5.16 Å². The number of carboxylic acid groups (broad SMARTS) is 1. The van der Waals surface area contributed by atoms with Gasteiger partial charge in [0.05, 0.1) is 11.1 Å². The minimum absolute atomic E-state index is 0.425. The second-order valence-corrected chi connectivity index (χ2v) is 4.93. The van der Waals surface area contributed by atoms with Gasteiger partial charge in [0, 0.05) is 5.39 Å². The molecule has 0 unspecified atom stereocenters. The maximum atomic E-state index is 11.1. The summed E-state index contributed by atoms with van der Waals surface area (Å²) in [4.78, 5) is 11.1. The molecule has 90 valence electrons. The predicted molar refractivity (Wildman–Crippen MR) is 63.9 cm³/mol. The molecule has 0 saturated carbocycles. The highest BCUT2D eigenvalue weighted by Gasteiger charge is 2.28. The van der Waals surface area contributed by atoms with Crippen LogP contribution in [0, 0.1) is 12.3 Å². The van der Waals surface area contributed by atoms with E-state index in [1.165, 1.54) is 0 Å². The van der Waals surface area contributed by atoms with Crippen molar-refractivity contribution < 1.29 is 14.4 Å². The summed E-state index contributed by atoms with van der Waals surface area (Å²) in [5.41, 5.74) is 1.60. The van der Waals surface area contributed by atoms with Crippen molar-refractivity contribution in [3.8, 4) is 0 Å². The van der Waals surface area contributed by atoms with E-state index in [-0.39, 0.29) is 0 Å². The van der Waals surface area contributed by atoms with Crippen molar-refractivity contribution in [2.24, 2.45) is 5.41 Å². The summed E-state index contributed by atoms with van der Waals surface area (Å²) >= 11 is 0. The molecule has 1 aromatic heterocycles. The molecule has 1 N–H and O–H groups in total. The van der Waals surface area contributed by atoms with Crippen LogP contribution in [0.15, 0.2) is 22.7 Å². The Morgan fingerprint density at radius 3 is 2.82 bits per heavy atom. The standard InChI is InChI=1S/C13H15NO3/c1-8-10-6-4-5-9(11(10)17-14-8)7-13(2,3)12(15)16/h4-6H,7H2,1-3H3,(H,15,16). The molecular weight excluding hydrogens is 218 g/mol. The third-order valence-corrected chi connectivity index (χ3v) is 2.97. The monoisotopic (exact) mass is 233 g/mol. The van der Waals surface area contributed by atoms with Gasteiger partial charge in [-0.2, -0.15) is 0 Å². The van der Waals surface area contributed by atoms with Crippen LogP contribution in [0.25, 0.3) is 11.0 Å². The first-order chi connectivity index (χ1) is 7.92. The van der Waals surface area contributed by atoms with E-state index in [0.29, 0.717) is 12.0 Å². The minimum atomic E-state index is -0.814. The zero-order chi connectivity index (χ0) is 12.6. The third kappa shape index (κ3) is 2.02. The molecule has 0 saturated heterocycles. The van der Waals surface area contributed by atoms with E-state index in [4.69, 9.17) is 9.63 Å². The molecule has 4 heteroatoms. The van der Waals surface area contributed by atoms with Crippen LogP contribution in [0.3, 0.4) is 0 Å². The van der Waals surface area contributed by atoms with Gasteiger partial charge in [-0.15, -0.1) is 0 Å². The minimum Gasteiger partial charge on any atom is -0.481 e. The number of aryl methyl sites for hydroxylation is 1. The number of hydrogen-bond donors (Lipinski definition) is 1. The summed E-state index contributed by atoms with van der Waals surface area (Å²) in [6, 6.07) is 5.72. The topological polar surface area (TPSA) is 63.3 Å². The molecule has 2 aromatic rings. The Morgan fingerprint density at radius 2 is 2.18 bits per heavy atom. The van der Waals surface area contributed by atoms with Gasteiger partial charge < -0.3 is 9.63 Å². The lowest BCUT2D eigenvalue weighted by Crippen LogP contribution is -2.26. The first kappa shape index (κ1) is 11.6. The molecule has 4 nitrogen and oxygen atoms in total. The summed E-state index contributed by atoms with van der Waals surface area (Å²) in [6.45, 7) is 5.28. The van der Waals surface area contributed by atoms with Crippen molar-refractivity contribution in [1.29, 1.82) is 0 Å². The van der Waals surface area contributed by atoms with E-state index in [0.717, 1.165) is 16.6 Å². The fourth-order valence-electron chi connectivity index (χ4n) is 1.83. The number of aromatic nitrogens is 1. The van der Waals surface area contributed by atoms with Crippen molar-refractivity contribution in [3.05, 3.63) is 29.5 Å². The first-order valence-electron chi connectivity index (χ1n) is 5.49. The average Bonchev–Trinajstić information content (AvgIpc) is 2.61. The molecule has 2 rings (SSSR count). The van der Waals surface area contributed by atoms with Crippen LogP contribution in [-0.2, 0) is 11.2 Å². The van der Waals surface area contributed by atoms with Gasteiger partial charge in [0.15, 0.2) is 5.58 Å². The molecule has 0 spiro atoms. The molecule has 1 heterocycles. The number of hydrogen-bond acceptors (Lipinski definition) is 3. The zero-order valence-electron chi connectivity index (χ0n) is 10.2. The number of para-hydroxylation sites is 1. The van der Waals surface area contributed by atoms with Crippen LogP contribution in [0.1, 0.15) is 25.1 Å². The number of carbonyl (C=O) groups is 1. The Balaban J connectivity index is 2.46. The van der Waals surface area contributed by atoms with Crippen molar-refractivity contribution in [2.45, 2.75) is 27.2 Å². The Bertz CT molecular complexity index is 569. The number of aliphatic carboxylic acids is 1. The fraction of sp³-hybridized carbons (Fsp3) is 0.385. The van der Waals surface area contributed by atoms with E-state index in [1.54, 1.807) is 13.8 Å². The lowest BCUT2D eigenvalue weighted by molar-refractivity contribution is -0.146. The number of fused-ring (bicyclic) bond motifs is 1. The molecule has 17 heavy (non-hydrogen) atoms. The highest BCUT2D eigenvalue weighted by molar-refractivity contribution is 5.83. The number of rotatable bonds is 3. The smallest absolute Gasteiger partial charge is 0.309 e. The molecule has 0 fully saturated rings. The number of benzene rings is 1. The second-order valence-electron chi connectivity index (χ2n) is 4.93. The summed E-state index contributed by atoms with van der Waals surface area (Å²) in [7, 11) is 0. The van der Waals surface area contributed by atoms with Gasteiger partial charge in [0.25, 0.3) is 0 Å². The third-order valence-electron chi connectivity index (χ3n) is 2.97. The van der Waals surface area contributed by atoms with Gasteiger partial charge in [-0.3, -0.25) is 4.79 Å².